The van der Waals surface area contributed by atoms with Crippen molar-refractivity contribution < 1.29 is 4.79 Å². The van der Waals surface area contributed by atoms with E-state index in [1.165, 1.54) is 11.7 Å². The normalized spacial score (nSPS) is 11.9. The fourth-order valence-corrected chi connectivity index (χ4v) is 2.65. The second-order valence-corrected chi connectivity index (χ2v) is 5.70. The minimum absolute atomic E-state index is 0.0573. The zero-order chi connectivity index (χ0) is 17.8. The van der Waals surface area contributed by atoms with Crippen molar-refractivity contribution in [2.24, 2.45) is 7.05 Å². The molecule has 0 aliphatic rings. The number of anilines is 1. The second-order valence-electron chi connectivity index (χ2n) is 5.70. The largest absolute Gasteiger partial charge is 0.368 e. The summed E-state index contributed by atoms with van der Waals surface area (Å²) in [5.41, 5.74) is 1.92. The van der Waals surface area contributed by atoms with Crippen LogP contribution in [0.3, 0.4) is 0 Å². The second kappa shape index (κ2) is 7.12. The lowest BCUT2D eigenvalue weighted by atomic mass is 9.95. The van der Waals surface area contributed by atoms with Crippen molar-refractivity contribution in [3.8, 4) is 5.69 Å². The molecule has 128 valence electrons. The number of benzene rings is 2. The molecular weight excluding hydrogens is 318 g/mol. The Bertz CT molecular complexity index is 913. The van der Waals surface area contributed by atoms with Crippen molar-refractivity contribution in [2.45, 2.75) is 19.3 Å². The first-order valence-electron chi connectivity index (χ1n) is 8.05. The van der Waals surface area contributed by atoms with E-state index in [0.29, 0.717) is 17.8 Å². The van der Waals surface area contributed by atoms with E-state index in [1.54, 1.807) is 24.3 Å². The van der Waals surface area contributed by atoms with Crippen LogP contribution in [0, 0.1) is 0 Å². The number of carbonyl (C=O) groups is 1. The van der Waals surface area contributed by atoms with Gasteiger partial charge in [-0.15, -0.1) is 0 Å². The summed E-state index contributed by atoms with van der Waals surface area (Å²) in [6.07, 6.45) is 0.711. The molecule has 0 bridgehead atoms. The third kappa shape index (κ3) is 3.50. The van der Waals surface area contributed by atoms with Gasteiger partial charge < -0.3 is 5.32 Å². The van der Waals surface area contributed by atoms with E-state index >= 15 is 0 Å². The molecule has 1 atom stereocenters. The third-order valence-corrected chi connectivity index (χ3v) is 4.03. The fourth-order valence-electron chi connectivity index (χ4n) is 2.65. The Hall–Kier alpha value is -3.22. The lowest BCUT2D eigenvalue weighted by Gasteiger charge is -2.15. The monoisotopic (exact) mass is 337 g/mol. The molecule has 1 heterocycles. The molecule has 3 aromatic rings. The molecule has 0 radical (unpaired) electrons. The lowest BCUT2D eigenvalue weighted by Crippen LogP contribution is -2.22. The van der Waals surface area contributed by atoms with E-state index in [9.17, 15) is 9.59 Å². The van der Waals surface area contributed by atoms with Gasteiger partial charge in [-0.25, -0.2) is 4.79 Å². The van der Waals surface area contributed by atoms with E-state index in [-0.39, 0.29) is 17.5 Å². The summed E-state index contributed by atoms with van der Waals surface area (Å²) >= 11 is 0. The molecule has 0 aliphatic heterocycles. The minimum Gasteiger partial charge on any atom is -0.326 e. The predicted molar refractivity (Wildman–Crippen MR) is 94.7 cm³/mol. The number of nitrogens with zero attached hydrogens (tertiary/aromatic N) is 4. The first-order chi connectivity index (χ1) is 12.1. The molecule has 0 saturated heterocycles. The Morgan fingerprint density at radius 3 is 2.32 bits per heavy atom. The number of amides is 1. The highest BCUT2D eigenvalue weighted by atomic mass is 16.2. The number of aryl methyl sites for hydroxylation is 1. The van der Waals surface area contributed by atoms with E-state index in [2.05, 4.69) is 15.7 Å². The van der Waals surface area contributed by atoms with Crippen LogP contribution in [0.2, 0.25) is 0 Å². The number of rotatable bonds is 5. The van der Waals surface area contributed by atoms with Gasteiger partial charge in [0.25, 0.3) is 0 Å². The fraction of sp³-hybridized carbons (Fsp3) is 0.222. The molecule has 1 N–H and O–H groups in total. The molecule has 1 aromatic heterocycles. The SMILES string of the molecule is CCC(C(=O)Nc1ccc(-n2nnn(C)c2=O)cc1)c1ccccc1. The first kappa shape index (κ1) is 16.6. The van der Waals surface area contributed by atoms with Crippen LogP contribution in [0.1, 0.15) is 24.8 Å². The van der Waals surface area contributed by atoms with Crippen LogP contribution < -0.4 is 11.0 Å². The molecule has 0 spiro atoms. The molecule has 3 rings (SSSR count). The molecule has 0 fully saturated rings. The quantitative estimate of drug-likeness (QED) is 0.773. The highest BCUT2D eigenvalue weighted by molar-refractivity contribution is 5.95. The van der Waals surface area contributed by atoms with Gasteiger partial charge in [-0.3, -0.25) is 4.79 Å². The van der Waals surface area contributed by atoms with Crippen molar-refractivity contribution in [1.29, 1.82) is 0 Å². The predicted octanol–water partition coefficient (Wildman–Crippen LogP) is 2.10. The summed E-state index contributed by atoms with van der Waals surface area (Å²) in [7, 11) is 1.54. The van der Waals surface area contributed by atoms with Gasteiger partial charge >= 0.3 is 5.69 Å². The van der Waals surface area contributed by atoms with Crippen molar-refractivity contribution in [1.82, 2.24) is 19.8 Å². The topological polar surface area (TPSA) is 81.8 Å². The number of carbonyl (C=O) groups excluding carboxylic acids is 1. The molecule has 1 amide bonds. The number of hydrogen-bond acceptors (Lipinski definition) is 4. The lowest BCUT2D eigenvalue weighted by molar-refractivity contribution is -0.117. The van der Waals surface area contributed by atoms with Crippen LogP contribution in [0.5, 0.6) is 0 Å². The summed E-state index contributed by atoms with van der Waals surface area (Å²) < 4.78 is 2.35. The Kier molecular flexibility index (Phi) is 4.74. The smallest absolute Gasteiger partial charge is 0.326 e. The average molecular weight is 337 g/mol. The summed E-state index contributed by atoms with van der Waals surface area (Å²) in [5.74, 6) is -0.262. The minimum atomic E-state index is -0.327. The Balaban J connectivity index is 1.76. The van der Waals surface area contributed by atoms with Crippen molar-refractivity contribution >= 4 is 11.6 Å². The average Bonchev–Trinajstić information content (AvgIpc) is 2.96. The van der Waals surface area contributed by atoms with E-state index in [1.807, 2.05) is 37.3 Å². The Morgan fingerprint density at radius 1 is 1.08 bits per heavy atom. The van der Waals surface area contributed by atoms with Crippen LogP contribution in [0.4, 0.5) is 5.69 Å². The van der Waals surface area contributed by atoms with E-state index in [4.69, 9.17) is 0 Å². The van der Waals surface area contributed by atoms with Gasteiger partial charge in [0, 0.05) is 12.7 Å². The van der Waals surface area contributed by atoms with Gasteiger partial charge in [-0.1, -0.05) is 37.3 Å². The van der Waals surface area contributed by atoms with Crippen LogP contribution in [-0.2, 0) is 11.8 Å². The first-order valence-corrected chi connectivity index (χ1v) is 8.05. The summed E-state index contributed by atoms with van der Waals surface area (Å²) in [4.78, 5) is 24.4. The number of nitrogens with one attached hydrogen (secondary N) is 1. The van der Waals surface area contributed by atoms with E-state index < -0.39 is 0 Å². The van der Waals surface area contributed by atoms with Gasteiger partial charge in [0.2, 0.25) is 5.91 Å². The maximum Gasteiger partial charge on any atom is 0.368 e. The maximum atomic E-state index is 12.6. The molecule has 1 unspecified atom stereocenters. The number of hydrogen-bond donors (Lipinski definition) is 1. The highest BCUT2D eigenvalue weighted by Gasteiger charge is 2.18. The Morgan fingerprint density at radius 2 is 1.76 bits per heavy atom. The molecule has 2 aromatic carbocycles. The van der Waals surface area contributed by atoms with Crippen molar-refractivity contribution in [3.63, 3.8) is 0 Å². The van der Waals surface area contributed by atoms with Crippen LogP contribution in [-0.4, -0.2) is 25.7 Å². The molecular formula is C18H19N5O2. The molecule has 7 nitrogen and oxygen atoms in total. The summed E-state index contributed by atoms with van der Waals surface area (Å²) in [6.45, 7) is 1.99. The van der Waals surface area contributed by atoms with Gasteiger partial charge in [0.1, 0.15) is 0 Å². The maximum absolute atomic E-state index is 12.6. The Labute approximate surface area is 144 Å². The number of aromatic nitrogens is 4. The van der Waals surface area contributed by atoms with Crippen molar-refractivity contribution in [3.05, 3.63) is 70.6 Å². The molecule has 7 heteroatoms. The van der Waals surface area contributed by atoms with Crippen molar-refractivity contribution in [2.75, 3.05) is 5.32 Å². The van der Waals surface area contributed by atoms with Crippen LogP contribution in [0.25, 0.3) is 5.69 Å². The third-order valence-electron chi connectivity index (χ3n) is 4.03. The summed E-state index contributed by atoms with van der Waals surface area (Å²) in [6, 6.07) is 16.6. The zero-order valence-corrected chi connectivity index (χ0v) is 14.1. The number of tetrazole rings is 1. The van der Waals surface area contributed by atoms with Crippen LogP contribution in [0.15, 0.2) is 59.4 Å². The molecule has 0 saturated carbocycles. The zero-order valence-electron chi connectivity index (χ0n) is 14.1. The van der Waals surface area contributed by atoms with Gasteiger partial charge in [-0.05, 0) is 46.7 Å². The van der Waals surface area contributed by atoms with Gasteiger partial charge in [0.15, 0.2) is 0 Å². The molecule has 25 heavy (non-hydrogen) atoms. The van der Waals surface area contributed by atoms with Crippen LogP contribution >= 0.6 is 0 Å². The summed E-state index contributed by atoms with van der Waals surface area (Å²) in [5, 5.41) is 10.4. The van der Waals surface area contributed by atoms with E-state index in [0.717, 1.165) is 10.2 Å². The van der Waals surface area contributed by atoms with Gasteiger partial charge in [0.05, 0.1) is 11.6 Å². The standard InChI is InChI=1S/C18H19N5O2/c1-3-16(13-7-5-4-6-8-13)17(24)19-14-9-11-15(12-10-14)23-18(25)22(2)20-21-23/h4-12,16H,3H2,1-2H3,(H,19,24). The molecule has 0 aliphatic carbocycles. The highest BCUT2D eigenvalue weighted by Crippen LogP contribution is 2.21. The van der Waals surface area contributed by atoms with Gasteiger partial charge in [-0.2, -0.15) is 9.36 Å².